The zero-order chi connectivity index (χ0) is 23.5. The Kier molecular flexibility index (Phi) is 6.74. The van der Waals surface area contributed by atoms with Crippen LogP contribution in [0.4, 0.5) is 10.6 Å². The molecule has 1 spiro atoms. The molecule has 2 aromatic rings. The van der Waals surface area contributed by atoms with Gasteiger partial charge in [0.1, 0.15) is 5.82 Å². The molecule has 1 saturated carbocycles. The van der Waals surface area contributed by atoms with E-state index >= 15 is 0 Å². The zero-order valence-corrected chi connectivity index (χ0v) is 20.4. The number of pyridine rings is 1. The molecule has 5 rings (SSSR count). The van der Waals surface area contributed by atoms with E-state index < -0.39 is 0 Å². The summed E-state index contributed by atoms with van der Waals surface area (Å²) in [5.74, 6) is 1.04. The number of nitrogens with zero attached hydrogens (tertiary/aromatic N) is 6. The first-order valence-electron chi connectivity index (χ1n) is 12.5. The summed E-state index contributed by atoms with van der Waals surface area (Å²) >= 11 is 0. The van der Waals surface area contributed by atoms with Crippen molar-refractivity contribution in [2.75, 3.05) is 64.5 Å². The Morgan fingerprint density at radius 1 is 1.24 bits per heavy atom. The minimum absolute atomic E-state index is 0.152. The van der Waals surface area contributed by atoms with Crippen LogP contribution in [0.1, 0.15) is 26.2 Å². The Balaban J connectivity index is 1.17. The maximum atomic E-state index is 12.0. The van der Waals surface area contributed by atoms with Gasteiger partial charge in [-0.15, -0.1) is 0 Å². The topological polar surface area (TPSA) is 76.0 Å². The van der Waals surface area contributed by atoms with Gasteiger partial charge in [-0.25, -0.2) is 9.78 Å². The van der Waals surface area contributed by atoms with Crippen molar-refractivity contribution >= 4 is 11.9 Å². The van der Waals surface area contributed by atoms with Crippen LogP contribution >= 0.6 is 0 Å². The maximum absolute atomic E-state index is 12.0. The number of anilines is 1. The smallest absolute Gasteiger partial charge is 0.409 e. The molecule has 2 aromatic heterocycles. The van der Waals surface area contributed by atoms with Crippen LogP contribution in [0.3, 0.4) is 0 Å². The SMILES string of the molecule is CCOC(=O)N1CC2(CC[C@@H](N3CCN(c4ncccc4-c4cnn(CCOC)c4)CC3)C2)C1. The van der Waals surface area contributed by atoms with Gasteiger partial charge in [-0.2, -0.15) is 5.10 Å². The second kappa shape index (κ2) is 9.92. The summed E-state index contributed by atoms with van der Waals surface area (Å²) < 4.78 is 12.3. The van der Waals surface area contributed by atoms with E-state index in [1.807, 2.05) is 35.0 Å². The number of carbonyl (C=O) groups is 1. The number of hydrogen-bond acceptors (Lipinski definition) is 7. The number of aromatic nitrogens is 3. The van der Waals surface area contributed by atoms with Crippen LogP contribution in [-0.4, -0.2) is 96.3 Å². The third-order valence-corrected chi connectivity index (χ3v) is 7.64. The molecular weight excluding hydrogens is 432 g/mol. The Morgan fingerprint density at radius 2 is 2.06 bits per heavy atom. The third-order valence-electron chi connectivity index (χ3n) is 7.64. The molecule has 0 N–H and O–H groups in total. The molecule has 2 aliphatic heterocycles. The van der Waals surface area contributed by atoms with Gasteiger partial charge in [0.05, 0.1) is 26.0 Å². The van der Waals surface area contributed by atoms with Gasteiger partial charge >= 0.3 is 6.09 Å². The van der Waals surface area contributed by atoms with Crippen molar-refractivity contribution in [3.05, 3.63) is 30.7 Å². The highest BCUT2D eigenvalue weighted by Gasteiger charge is 2.51. The molecule has 0 aromatic carbocycles. The zero-order valence-electron chi connectivity index (χ0n) is 20.4. The van der Waals surface area contributed by atoms with Gasteiger partial charge in [-0.3, -0.25) is 9.58 Å². The van der Waals surface area contributed by atoms with Crippen LogP contribution in [-0.2, 0) is 16.0 Å². The first-order valence-corrected chi connectivity index (χ1v) is 12.5. The normalized spacial score (nSPS) is 22.2. The Labute approximate surface area is 201 Å². The molecule has 2 saturated heterocycles. The van der Waals surface area contributed by atoms with Gasteiger partial charge in [-0.05, 0) is 38.3 Å². The fraction of sp³-hybridized carbons (Fsp3) is 0.640. The van der Waals surface area contributed by atoms with E-state index in [1.165, 1.54) is 19.3 Å². The Hall–Kier alpha value is -2.65. The van der Waals surface area contributed by atoms with Crippen LogP contribution < -0.4 is 4.90 Å². The average Bonchev–Trinajstić information content (AvgIpc) is 3.50. The molecule has 0 radical (unpaired) electrons. The van der Waals surface area contributed by atoms with E-state index in [0.29, 0.717) is 24.7 Å². The van der Waals surface area contributed by atoms with Crippen LogP contribution in [0.5, 0.6) is 0 Å². The van der Waals surface area contributed by atoms with Crippen LogP contribution in [0.2, 0.25) is 0 Å². The molecular formula is C25H36N6O3. The summed E-state index contributed by atoms with van der Waals surface area (Å²) in [5, 5.41) is 4.48. The third kappa shape index (κ3) is 4.63. The fourth-order valence-corrected chi connectivity index (χ4v) is 5.87. The maximum Gasteiger partial charge on any atom is 0.409 e. The number of methoxy groups -OCH3 is 1. The Morgan fingerprint density at radius 3 is 2.82 bits per heavy atom. The highest BCUT2D eigenvalue weighted by Crippen LogP contribution is 2.47. The van der Waals surface area contributed by atoms with E-state index in [1.54, 1.807) is 7.11 Å². The average molecular weight is 469 g/mol. The molecule has 3 aliphatic rings. The molecule has 34 heavy (non-hydrogen) atoms. The highest BCUT2D eigenvalue weighted by molar-refractivity contribution is 5.75. The number of likely N-dealkylation sites (tertiary alicyclic amines) is 1. The highest BCUT2D eigenvalue weighted by atomic mass is 16.6. The van der Waals surface area contributed by atoms with Gasteiger partial charge in [0, 0.05) is 81.4 Å². The van der Waals surface area contributed by atoms with E-state index in [4.69, 9.17) is 14.5 Å². The predicted octanol–water partition coefficient (Wildman–Crippen LogP) is 2.72. The molecule has 184 valence electrons. The summed E-state index contributed by atoms with van der Waals surface area (Å²) in [5.41, 5.74) is 2.54. The first-order chi connectivity index (χ1) is 16.6. The van der Waals surface area contributed by atoms with Crippen LogP contribution in [0, 0.1) is 5.41 Å². The van der Waals surface area contributed by atoms with Crippen molar-refractivity contribution in [3.63, 3.8) is 0 Å². The van der Waals surface area contributed by atoms with Crippen molar-refractivity contribution in [3.8, 4) is 11.1 Å². The van der Waals surface area contributed by atoms with Crippen molar-refractivity contribution in [2.45, 2.75) is 38.8 Å². The lowest BCUT2D eigenvalue weighted by molar-refractivity contribution is -0.00294. The largest absolute Gasteiger partial charge is 0.450 e. The quantitative estimate of drug-likeness (QED) is 0.618. The van der Waals surface area contributed by atoms with Gasteiger partial charge in [0.15, 0.2) is 0 Å². The molecule has 4 heterocycles. The van der Waals surface area contributed by atoms with Gasteiger partial charge in [-0.1, -0.05) is 0 Å². The van der Waals surface area contributed by atoms with Gasteiger partial charge in [0.2, 0.25) is 0 Å². The predicted molar refractivity (Wildman–Crippen MR) is 130 cm³/mol. The van der Waals surface area contributed by atoms with E-state index in [9.17, 15) is 4.79 Å². The van der Waals surface area contributed by atoms with Crippen LogP contribution in [0.15, 0.2) is 30.7 Å². The number of amides is 1. The number of piperazine rings is 1. The van der Waals surface area contributed by atoms with Crippen molar-refractivity contribution in [1.29, 1.82) is 0 Å². The molecule has 0 bridgehead atoms. The molecule has 9 heteroatoms. The standard InChI is InChI=1S/C25H36N6O3/c1-3-34-24(32)30-18-25(19-30)7-6-21(15-25)28-9-11-29(12-10-28)23-22(5-4-8-26-23)20-16-27-31(17-20)13-14-33-2/h4-5,8,16-17,21H,3,6-7,9-15,18-19H2,1-2H3/t21-/m1/s1. The number of hydrogen-bond donors (Lipinski definition) is 0. The minimum atomic E-state index is -0.152. The fourth-order valence-electron chi connectivity index (χ4n) is 5.87. The summed E-state index contributed by atoms with van der Waals surface area (Å²) in [7, 11) is 1.71. The van der Waals surface area contributed by atoms with Crippen molar-refractivity contribution in [1.82, 2.24) is 24.6 Å². The van der Waals surface area contributed by atoms with Crippen molar-refractivity contribution < 1.29 is 14.3 Å². The van der Waals surface area contributed by atoms with E-state index in [-0.39, 0.29) is 6.09 Å². The summed E-state index contributed by atoms with van der Waals surface area (Å²) in [6.07, 6.45) is 9.36. The molecule has 1 amide bonds. The lowest BCUT2D eigenvalue weighted by atomic mass is 9.78. The van der Waals surface area contributed by atoms with Gasteiger partial charge < -0.3 is 19.3 Å². The molecule has 9 nitrogen and oxygen atoms in total. The van der Waals surface area contributed by atoms with E-state index in [2.05, 4.69) is 27.2 Å². The second-order valence-electron chi connectivity index (χ2n) is 9.83. The van der Waals surface area contributed by atoms with Crippen LogP contribution in [0.25, 0.3) is 11.1 Å². The summed E-state index contributed by atoms with van der Waals surface area (Å²) in [4.78, 5) is 23.7. The second-order valence-corrected chi connectivity index (χ2v) is 9.83. The van der Waals surface area contributed by atoms with Gasteiger partial charge in [0.25, 0.3) is 0 Å². The number of carbonyl (C=O) groups excluding carboxylic acids is 1. The number of rotatable bonds is 7. The number of ether oxygens (including phenoxy) is 2. The first kappa shape index (κ1) is 23.1. The summed E-state index contributed by atoms with van der Waals surface area (Å²) in [6.45, 7) is 9.45. The molecule has 1 aliphatic carbocycles. The lowest BCUT2D eigenvalue weighted by Crippen LogP contribution is -2.58. The Bertz CT molecular complexity index is 981. The molecule has 3 fully saturated rings. The summed E-state index contributed by atoms with van der Waals surface area (Å²) in [6, 6.07) is 4.75. The molecule has 0 unspecified atom stereocenters. The monoisotopic (exact) mass is 468 g/mol. The molecule has 1 atom stereocenters. The lowest BCUT2D eigenvalue weighted by Gasteiger charge is -2.48. The minimum Gasteiger partial charge on any atom is -0.450 e. The van der Waals surface area contributed by atoms with E-state index in [0.717, 1.165) is 62.8 Å². The van der Waals surface area contributed by atoms with Crippen molar-refractivity contribution in [2.24, 2.45) is 5.41 Å².